The normalized spacial score (nSPS) is 12.5. The van der Waals surface area contributed by atoms with Crippen molar-refractivity contribution in [3.63, 3.8) is 0 Å². The number of ether oxygens (including phenoxy) is 4. The standard InChI is InChI=1S/C32H26F2N4O7/c1-42-27-14-22-24(15-28(27)43-2)35-12-11-25(22)44-26-10-7-20(13-23(26)34)36-31(40)45-29-17-37(16-18-3-4-18)32(41)38(30(29)39)21-8-5-19(33)6-9-21/h5-15,17-18H,3-4,16H2,1-2H3,(H,36,40). The topological polar surface area (TPSA) is 123 Å². The average molecular weight is 617 g/mol. The predicted octanol–water partition coefficient (Wildman–Crippen LogP) is 5.66. The van der Waals surface area contributed by atoms with Crippen LogP contribution in [0, 0.1) is 17.6 Å². The van der Waals surface area contributed by atoms with Gasteiger partial charge < -0.3 is 18.9 Å². The van der Waals surface area contributed by atoms with Gasteiger partial charge in [-0.1, -0.05) is 0 Å². The third-order valence-electron chi connectivity index (χ3n) is 7.17. The number of benzene rings is 3. The number of halogens is 2. The Labute approximate surface area is 254 Å². The molecule has 3 aromatic carbocycles. The summed E-state index contributed by atoms with van der Waals surface area (Å²) in [6.07, 6.45) is 3.42. The smallest absolute Gasteiger partial charge is 0.417 e. The molecule has 230 valence electrons. The molecule has 0 saturated heterocycles. The minimum absolute atomic E-state index is 0.0148. The van der Waals surface area contributed by atoms with Gasteiger partial charge >= 0.3 is 17.3 Å². The second kappa shape index (κ2) is 12.1. The second-order valence-corrected chi connectivity index (χ2v) is 10.3. The zero-order chi connectivity index (χ0) is 31.7. The summed E-state index contributed by atoms with van der Waals surface area (Å²) in [6.45, 7) is 0.318. The zero-order valence-corrected chi connectivity index (χ0v) is 24.1. The fraction of sp³-hybridized carbons (Fsp3) is 0.188. The van der Waals surface area contributed by atoms with Crippen LogP contribution in [0.25, 0.3) is 16.6 Å². The molecule has 1 aliphatic rings. The second-order valence-electron chi connectivity index (χ2n) is 10.3. The van der Waals surface area contributed by atoms with Crippen molar-refractivity contribution in [3.8, 4) is 34.4 Å². The molecule has 0 atom stereocenters. The molecule has 1 fully saturated rings. The van der Waals surface area contributed by atoms with Gasteiger partial charge in [0.15, 0.2) is 23.1 Å². The molecule has 1 saturated carbocycles. The number of carbonyl (C=O) groups is 1. The highest BCUT2D eigenvalue weighted by Gasteiger charge is 2.25. The highest BCUT2D eigenvalue weighted by molar-refractivity contribution is 5.88. The summed E-state index contributed by atoms with van der Waals surface area (Å²) < 4.78 is 52.5. The molecular weight excluding hydrogens is 590 g/mol. The SMILES string of the molecule is COc1cc2nccc(Oc3ccc(NC(=O)Oc4cn(CC5CC5)c(=O)n(-c5ccc(F)cc5)c4=O)cc3F)c2cc1OC. The molecule has 1 N–H and O–H groups in total. The molecule has 0 aliphatic heterocycles. The molecule has 0 spiro atoms. The molecular formula is C32H26F2N4O7. The van der Waals surface area contributed by atoms with Crippen LogP contribution in [-0.2, 0) is 6.54 Å². The van der Waals surface area contributed by atoms with Gasteiger partial charge in [-0.05, 0) is 67.3 Å². The van der Waals surface area contributed by atoms with Crippen LogP contribution in [0.5, 0.6) is 28.7 Å². The van der Waals surface area contributed by atoms with Gasteiger partial charge in [0.1, 0.15) is 11.6 Å². The number of nitrogens with zero attached hydrogens (tertiary/aromatic N) is 3. The van der Waals surface area contributed by atoms with Crippen LogP contribution in [0.4, 0.5) is 19.3 Å². The van der Waals surface area contributed by atoms with Gasteiger partial charge in [0, 0.05) is 35.9 Å². The summed E-state index contributed by atoms with van der Waals surface area (Å²) in [5, 5.41) is 2.93. The molecule has 45 heavy (non-hydrogen) atoms. The molecule has 13 heteroatoms. The van der Waals surface area contributed by atoms with E-state index in [0.717, 1.165) is 35.6 Å². The quantitative estimate of drug-likeness (QED) is 0.225. The van der Waals surface area contributed by atoms with Crippen molar-refractivity contribution in [2.24, 2.45) is 5.92 Å². The Morgan fingerprint density at radius 2 is 1.64 bits per heavy atom. The summed E-state index contributed by atoms with van der Waals surface area (Å²) in [5.41, 5.74) is -0.903. The number of amides is 1. The van der Waals surface area contributed by atoms with Crippen LogP contribution in [0.3, 0.4) is 0 Å². The number of fused-ring (bicyclic) bond motifs is 1. The first-order valence-corrected chi connectivity index (χ1v) is 13.8. The summed E-state index contributed by atoms with van der Waals surface area (Å²) in [5.74, 6) is -0.445. The maximum Gasteiger partial charge on any atom is 0.417 e. The van der Waals surface area contributed by atoms with Crippen molar-refractivity contribution in [3.05, 3.63) is 106 Å². The zero-order valence-electron chi connectivity index (χ0n) is 24.1. The fourth-order valence-corrected chi connectivity index (χ4v) is 4.73. The third kappa shape index (κ3) is 6.18. The number of pyridine rings is 1. The Kier molecular flexibility index (Phi) is 7.90. The van der Waals surface area contributed by atoms with E-state index in [-0.39, 0.29) is 23.0 Å². The molecule has 2 heterocycles. The lowest BCUT2D eigenvalue weighted by molar-refractivity contribution is 0.213. The van der Waals surface area contributed by atoms with Crippen molar-refractivity contribution in [1.29, 1.82) is 0 Å². The van der Waals surface area contributed by atoms with E-state index in [1.807, 2.05) is 0 Å². The first-order valence-electron chi connectivity index (χ1n) is 13.8. The van der Waals surface area contributed by atoms with Crippen LogP contribution in [0.2, 0.25) is 0 Å². The van der Waals surface area contributed by atoms with E-state index in [4.69, 9.17) is 18.9 Å². The Bertz CT molecular complexity index is 2040. The van der Waals surface area contributed by atoms with Gasteiger partial charge in [-0.3, -0.25) is 19.7 Å². The lowest BCUT2D eigenvalue weighted by atomic mass is 10.2. The lowest BCUT2D eigenvalue weighted by Gasteiger charge is -2.14. The van der Waals surface area contributed by atoms with E-state index in [1.165, 1.54) is 55.4 Å². The largest absolute Gasteiger partial charge is 0.493 e. The van der Waals surface area contributed by atoms with E-state index in [9.17, 15) is 18.8 Å². The highest BCUT2D eigenvalue weighted by atomic mass is 19.1. The van der Waals surface area contributed by atoms with Gasteiger partial charge in [0.05, 0.1) is 31.6 Å². The van der Waals surface area contributed by atoms with E-state index in [1.54, 1.807) is 18.2 Å². The summed E-state index contributed by atoms with van der Waals surface area (Å²) in [4.78, 5) is 43.4. The van der Waals surface area contributed by atoms with Crippen LogP contribution in [0.15, 0.2) is 82.6 Å². The first-order chi connectivity index (χ1) is 21.7. The molecule has 0 unspecified atom stereocenters. The number of hydrogen-bond acceptors (Lipinski definition) is 8. The molecule has 11 nitrogen and oxygen atoms in total. The fourth-order valence-electron chi connectivity index (χ4n) is 4.73. The van der Waals surface area contributed by atoms with Crippen LogP contribution < -0.4 is 35.5 Å². The number of methoxy groups -OCH3 is 2. The van der Waals surface area contributed by atoms with Crippen molar-refractivity contribution >= 4 is 22.7 Å². The number of aromatic nitrogens is 3. The summed E-state index contributed by atoms with van der Waals surface area (Å²) >= 11 is 0. The molecule has 1 amide bonds. The van der Waals surface area contributed by atoms with Crippen molar-refractivity contribution in [1.82, 2.24) is 14.1 Å². The third-order valence-corrected chi connectivity index (χ3v) is 7.17. The van der Waals surface area contributed by atoms with Crippen LogP contribution in [-0.4, -0.2) is 34.4 Å². The Morgan fingerprint density at radius 1 is 0.911 bits per heavy atom. The lowest BCUT2D eigenvalue weighted by Crippen LogP contribution is -2.40. The van der Waals surface area contributed by atoms with Gasteiger partial charge in [-0.2, -0.15) is 0 Å². The predicted molar refractivity (Wildman–Crippen MR) is 160 cm³/mol. The molecule has 0 radical (unpaired) electrons. The molecule has 6 rings (SSSR count). The van der Waals surface area contributed by atoms with Crippen molar-refractivity contribution < 1.29 is 32.5 Å². The maximum atomic E-state index is 15.1. The molecule has 0 bridgehead atoms. The summed E-state index contributed by atoms with van der Waals surface area (Å²) in [7, 11) is 2.99. The van der Waals surface area contributed by atoms with E-state index >= 15 is 4.39 Å². The first kappa shape index (κ1) is 29.4. The van der Waals surface area contributed by atoms with E-state index < -0.39 is 34.7 Å². The van der Waals surface area contributed by atoms with Crippen molar-refractivity contribution in [2.75, 3.05) is 19.5 Å². The molecule has 5 aromatic rings. The van der Waals surface area contributed by atoms with Gasteiger partial charge in [-0.15, -0.1) is 0 Å². The highest BCUT2D eigenvalue weighted by Crippen LogP contribution is 2.37. The monoisotopic (exact) mass is 616 g/mol. The minimum atomic E-state index is -1.09. The average Bonchev–Trinajstić information content (AvgIpc) is 3.85. The molecule has 2 aromatic heterocycles. The van der Waals surface area contributed by atoms with Gasteiger partial charge in [0.25, 0.3) is 0 Å². The minimum Gasteiger partial charge on any atom is -0.493 e. The van der Waals surface area contributed by atoms with Crippen LogP contribution in [0.1, 0.15) is 12.8 Å². The maximum absolute atomic E-state index is 15.1. The number of anilines is 1. The number of rotatable bonds is 9. The van der Waals surface area contributed by atoms with E-state index in [0.29, 0.717) is 34.7 Å². The van der Waals surface area contributed by atoms with Gasteiger partial charge in [0.2, 0.25) is 5.75 Å². The molecule has 1 aliphatic carbocycles. The van der Waals surface area contributed by atoms with E-state index in [2.05, 4.69) is 10.3 Å². The Morgan fingerprint density at radius 3 is 2.33 bits per heavy atom. The van der Waals surface area contributed by atoms with Crippen molar-refractivity contribution in [2.45, 2.75) is 19.4 Å². The number of hydrogen-bond donors (Lipinski definition) is 1. The Hall–Kier alpha value is -5.72. The van der Waals surface area contributed by atoms with Gasteiger partial charge in [-0.25, -0.2) is 22.9 Å². The number of carbonyl (C=O) groups excluding carboxylic acids is 1. The summed E-state index contributed by atoms with van der Waals surface area (Å²) in [6, 6.07) is 13.4. The Balaban J connectivity index is 1.23. The number of nitrogens with one attached hydrogen (secondary N) is 1. The van der Waals surface area contributed by atoms with Crippen LogP contribution >= 0.6 is 0 Å².